The first-order valence-corrected chi connectivity index (χ1v) is 13.7. The van der Waals surface area contributed by atoms with E-state index in [-0.39, 0.29) is 23.9 Å². The van der Waals surface area contributed by atoms with Gasteiger partial charge in [0.1, 0.15) is 12.6 Å². The highest BCUT2D eigenvalue weighted by atomic mass is 32.2. The number of sulfonamides is 1. The van der Waals surface area contributed by atoms with Crippen LogP contribution in [0.5, 0.6) is 0 Å². The second-order valence-corrected chi connectivity index (χ2v) is 12.0. The van der Waals surface area contributed by atoms with Crippen LogP contribution < -0.4 is 9.62 Å². The van der Waals surface area contributed by atoms with Crippen molar-refractivity contribution in [2.45, 2.75) is 66.1 Å². The van der Waals surface area contributed by atoms with Crippen LogP contribution in [0.4, 0.5) is 5.69 Å². The van der Waals surface area contributed by atoms with Gasteiger partial charge in [0.25, 0.3) is 0 Å². The molecule has 0 fully saturated rings. The van der Waals surface area contributed by atoms with E-state index in [2.05, 4.69) is 5.32 Å². The molecule has 9 heteroatoms. The summed E-state index contributed by atoms with van der Waals surface area (Å²) in [6, 6.07) is 13.0. The fourth-order valence-electron chi connectivity index (χ4n) is 3.76. The van der Waals surface area contributed by atoms with Gasteiger partial charge >= 0.3 is 0 Å². The van der Waals surface area contributed by atoms with Crippen LogP contribution in [0, 0.1) is 6.92 Å². The van der Waals surface area contributed by atoms with E-state index >= 15 is 0 Å². The van der Waals surface area contributed by atoms with E-state index in [0.29, 0.717) is 12.0 Å². The molecule has 0 aromatic heterocycles. The van der Waals surface area contributed by atoms with Gasteiger partial charge in [0.05, 0.1) is 11.9 Å². The first kappa shape index (κ1) is 29.0. The van der Waals surface area contributed by atoms with Crippen LogP contribution in [-0.4, -0.2) is 55.3 Å². The Kier molecular flexibility index (Phi) is 9.43. The van der Waals surface area contributed by atoms with Crippen molar-refractivity contribution in [3.63, 3.8) is 0 Å². The standard InChI is InChI=1S/C27H37N3O5S/c1-8-24(26(33)28-27(4,5)6)29(17-21-14-12-19(2)13-15-21)25(32)18-30(36(7,34)35)23-11-9-10-22(16-23)20(3)31/h9-16,24H,8,17-18H2,1-7H3,(H,28,33). The Balaban J connectivity index is 2.49. The molecule has 0 radical (unpaired) electrons. The smallest absolute Gasteiger partial charge is 0.244 e. The van der Waals surface area contributed by atoms with E-state index in [1.807, 2.05) is 58.9 Å². The quantitative estimate of drug-likeness (QED) is 0.486. The van der Waals surface area contributed by atoms with Crippen molar-refractivity contribution in [1.29, 1.82) is 0 Å². The van der Waals surface area contributed by atoms with Crippen LogP contribution in [0.25, 0.3) is 0 Å². The van der Waals surface area contributed by atoms with Gasteiger partial charge < -0.3 is 10.2 Å². The molecule has 2 amide bonds. The zero-order valence-corrected chi connectivity index (χ0v) is 23.0. The highest BCUT2D eigenvalue weighted by Crippen LogP contribution is 2.21. The lowest BCUT2D eigenvalue weighted by atomic mass is 10.1. The Hall–Kier alpha value is -3.20. The second kappa shape index (κ2) is 11.7. The van der Waals surface area contributed by atoms with Gasteiger partial charge in [-0.2, -0.15) is 0 Å². The van der Waals surface area contributed by atoms with Crippen LogP contribution in [0.1, 0.15) is 62.5 Å². The molecule has 1 N–H and O–H groups in total. The second-order valence-electron chi connectivity index (χ2n) is 10.0. The number of benzene rings is 2. The van der Waals surface area contributed by atoms with Gasteiger partial charge in [-0.3, -0.25) is 18.7 Å². The lowest BCUT2D eigenvalue weighted by molar-refractivity contribution is -0.141. The number of ketones is 1. The third-order valence-corrected chi connectivity index (χ3v) is 6.72. The summed E-state index contributed by atoms with van der Waals surface area (Å²) >= 11 is 0. The summed E-state index contributed by atoms with van der Waals surface area (Å²) in [6.45, 7) is 10.4. The zero-order chi connectivity index (χ0) is 27.3. The molecule has 0 spiro atoms. The van der Waals surface area contributed by atoms with Crippen LogP contribution in [0.3, 0.4) is 0 Å². The van der Waals surface area contributed by atoms with Crippen molar-refractivity contribution >= 4 is 33.3 Å². The van der Waals surface area contributed by atoms with Gasteiger partial charge in [-0.15, -0.1) is 0 Å². The number of anilines is 1. The van der Waals surface area contributed by atoms with Crippen LogP contribution >= 0.6 is 0 Å². The SMILES string of the molecule is CCC(C(=O)NC(C)(C)C)N(Cc1ccc(C)cc1)C(=O)CN(c1cccc(C(C)=O)c1)S(C)(=O)=O. The summed E-state index contributed by atoms with van der Waals surface area (Å²) in [5.41, 5.74) is 1.92. The topological polar surface area (TPSA) is 104 Å². The largest absolute Gasteiger partial charge is 0.350 e. The Bertz CT molecular complexity index is 1200. The molecule has 8 nitrogen and oxygen atoms in total. The van der Waals surface area contributed by atoms with Gasteiger partial charge in [-0.25, -0.2) is 8.42 Å². The Labute approximate surface area is 214 Å². The fraction of sp³-hybridized carbons (Fsp3) is 0.444. The summed E-state index contributed by atoms with van der Waals surface area (Å²) in [4.78, 5) is 40.2. The number of nitrogens with one attached hydrogen (secondary N) is 1. The Morgan fingerprint density at radius 1 is 1.03 bits per heavy atom. The van der Waals surface area contributed by atoms with Gasteiger partial charge in [0, 0.05) is 17.6 Å². The van der Waals surface area contributed by atoms with Crippen molar-refractivity contribution in [3.05, 3.63) is 65.2 Å². The van der Waals surface area contributed by atoms with Gasteiger partial charge in [-0.1, -0.05) is 48.9 Å². The van der Waals surface area contributed by atoms with Crippen molar-refractivity contribution in [3.8, 4) is 0 Å². The minimum Gasteiger partial charge on any atom is -0.350 e. The summed E-state index contributed by atoms with van der Waals surface area (Å²) in [7, 11) is -3.87. The highest BCUT2D eigenvalue weighted by Gasteiger charge is 2.33. The van der Waals surface area contributed by atoms with Crippen LogP contribution in [0.15, 0.2) is 48.5 Å². The minimum absolute atomic E-state index is 0.139. The molecule has 2 aromatic rings. The molecule has 0 aliphatic heterocycles. The maximum absolute atomic E-state index is 13.7. The van der Waals surface area contributed by atoms with E-state index in [1.165, 1.54) is 24.0 Å². The van der Waals surface area contributed by atoms with Crippen molar-refractivity contribution < 1.29 is 22.8 Å². The first-order valence-electron chi connectivity index (χ1n) is 11.9. The Morgan fingerprint density at radius 2 is 1.64 bits per heavy atom. The molecule has 0 saturated carbocycles. The van der Waals surface area contributed by atoms with Crippen molar-refractivity contribution in [1.82, 2.24) is 10.2 Å². The number of Topliss-reactive ketones (excluding diaryl/α,β-unsaturated/α-hetero) is 1. The number of nitrogens with zero attached hydrogens (tertiary/aromatic N) is 2. The number of carbonyl (C=O) groups excluding carboxylic acids is 3. The number of amides is 2. The minimum atomic E-state index is -3.87. The summed E-state index contributed by atoms with van der Waals surface area (Å²) < 4.78 is 26.4. The van der Waals surface area contributed by atoms with Crippen LogP contribution in [0.2, 0.25) is 0 Å². The monoisotopic (exact) mass is 515 g/mol. The first-order chi connectivity index (χ1) is 16.6. The zero-order valence-electron chi connectivity index (χ0n) is 22.2. The van der Waals surface area contributed by atoms with E-state index in [9.17, 15) is 22.8 Å². The molecule has 0 heterocycles. The average molecular weight is 516 g/mol. The predicted molar refractivity (Wildman–Crippen MR) is 142 cm³/mol. The van der Waals surface area contributed by atoms with Gasteiger partial charge in [0.15, 0.2) is 5.78 Å². The van der Waals surface area contributed by atoms with Gasteiger partial charge in [0.2, 0.25) is 21.8 Å². The summed E-state index contributed by atoms with van der Waals surface area (Å²) in [5.74, 6) is -1.05. The van der Waals surface area contributed by atoms with Crippen molar-refractivity contribution in [2.24, 2.45) is 0 Å². The molecular formula is C27H37N3O5S. The molecule has 0 aliphatic rings. The molecule has 0 aliphatic carbocycles. The molecule has 36 heavy (non-hydrogen) atoms. The molecule has 2 aromatic carbocycles. The number of rotatable bonds is 10. The molecule has 0 bridgehead atoms. The predicted octanol–water partition coefficient (Wildman–Crippen LogP) is 3.69. The molecule has 196 valence electrons. The van der Waals surface area contributed by atoms with Crippen LogP contribution in [-0.2, 0) is 26.2 Å². The number of aryl methyl sites for hydroxylation is 1. The van der Waals surface area contributed by atoms with Crippen molar-refractivity contribution in [2.75, 3.05) is 17.1 Å². The summed E-state index contributed by atoms with van der Waals surface area (Å²) in [6.07, 6.45) is 1.35. The molecule has 0 saturated heterocycles. The number of carbonyl (C=O) groups is 3. The highest BCUT2D eigenvalue weighted by molar-refractivity contribution is 7.92. The lowest BCUT2D eigenvalue weighted by Gasteiger charge is -2.34. The van der Waals surface area contributed by atoms with E-state index < -0.39 is 34.1 Å². The third kappa shape index (κ3) is 8.19. The maximum atomic E-state index is 13.7. The fourth-order valence-corrected chi connectivity index (χ4v) is 4.60. The third-order valence-electron chi connectivity index (χ3n) is 5.58. The van der Waals surface area contributed by atoms with E-state index in [0.717, 1.165) is 21.7 Å². The molecule has 2 rings (SSSR count). The maximum Gasteiger partial charge on any atom is 0.244 e. The normalized spacial score (nSPS) is 12.5. The molecule has 1 unspecified atom stereocenters. The number of hydrogen-bond donors (Lipinski definition) is 1. The van der Waals surface area contributed by atoms with E-state index in [4.69, 9.17) is 0 Å². The number of hydrogen-bond acceptors (Lipinski definition) is 5. The average Bonchev–Trinajstić information content (AvgIpc) is 2.76. The molecule has 1 atom stereocenters. The lowest BCUT2D eigenvalue weighted by Crippen LogP contribution is -2.55. The van der Waals surface area contributed by atoms with Gasteiger partial charge in [-0.05, 0) is 58.7 Å². The summed E-state index contributed by atoms with van der Waals surface area (Å²) in [5, 5.41) is 2.93. The molecular weight excluding hydrogens is 478 g/mol. The van der Waals surface area contributed by atoms with E-state index in [1.54, 1.807) is 12.1 Å². The Morgan fingerprint density at radius 3 is 2.14 bits per heavy atom.